The first-order valence-electron chi connectivity index (χ1n) is 9.38. The number of hydrogen-bond acceptors (Lipinski definition) is 4. The fourth-order valence-corrected chi connectivity index (χ4v) is 3.53. The molecule has 28 heavy (non-hydrogen) atoms. The van der Waals surface area contributed by atoms with Gasteiger partial charge in [0.15, 0.2) is 5.82 Å². The predicted octanol–water partition coefficient (Wildman–Crippen LogP) is 4.02. The highest BCUT2D eigenvalue weighted by molar-refractivity contribution is 6.01. The Morgan fingerprint density at radius 2 is 1.82 bits per heavy atom. The molecule has 2 aromatic carbocycles. The number of carbonyl (C=O) groups is 2. The van der Waals surface area contributed by atoms with Crippen molar-refractivity contribution in [1.29, 1.82) is 0 Å². The normalized spacial score (nSPS) is 14.8. The van der Waals surface area contributed by atoms with Gasteiger partial charge in [0.2, 0.25) is 5.91 Å². The summed E-state index contributed by atoms with van der Waals surface area (Å²) >= 11 is 0. The van der Waals surface area contributed by atoms with Crippen LogP contribution < -0.4 is 10.6 Å². The molecule has 0 spiro atoms. The van der Waals surface area contributed by atoms with E-state index in [-0.39, 0.29) is 17.9 Å². The molecule has 2 heterocycles. The number of urea groups is 1. The summed E-state index contributed by atoms with van der Waals surface area (Å²) in [5.41, 5.74) is 0.796. The van der Waals surface area contributed by atoms with Crippen LogP contribution in [0.2, 0.25) is 0 Å². The number of hydrogen-bond donors (Lipinski definition) is 2. The van der Waals surface area contributed by atoms with Crippen LogP contribution in [-0.4, -0.2) is 35.1 Å². The first kappa shape index (κ1) is 18.0. The lowest BCUT2D eigenvalue weighted by atomic mass is 9.96. The van der Waals surface area contributed by atoms with Gasteiger partial charge in [-0.1, -0.05) is 41.6 Å². The summed E-state index contributed by atoms with van der Waals surface area (Å²) < 4.78 is 4.96. The molecule has 2 N–H and O–H groups in total. The quantitative estimate of drug-likeness (QED) is 0.721. The summed E-state index contributed by atoms with van der Waals surface area (Å²) in [6, 6.07) is 15.3. The van der Waals surface area contributed by atoms with Crippen molar-refractivity contribution in [2.45, 2.75) is 19.8 Å². The zero-order valence-electron chi connectivity index (χ0n) is 15.6. The smallest absolute Gasteiger partial charge is 0.321 e. The first-order chi connectivity index (χ1) is 13.6. The number of anilines is 2. The Kier molecular flexibility index (Phi) is 4.97. The van der Waals surface area contributed by atoms with Crippen molar-refractivity contribution in [2.24, 2.45) is 5.92 Å². The van der Waals surface area contributed by atoms with E-state index in [4.69, 9.17) is 4.52 Å². The second-order valence-corrected chi connectivity index (χ2v) is 7.03. The summed E-state index contributed by atoms with van der Waals surface area (Å²) in [7, 11) is 0. The van der Waals surface area contributed by atoms with Gasteiger partial charge in [-0.2, -0.15) is 0 Å². The second-order valence-electron chi connectivity index (χ2n) is 7.03. The van der Waals surface area contributed by atoms with Gasteiger partial charge in [-0.25, -0.2) is 4.79 Å². The van der Waals surface area contributed by atoms with Crippen LogP contribution >= 0.6 is 0 Å². The van der Waals surface area contributed by atoms with Gasteiger partial charge < -0.3 is 20.1 Å². The third-order valence-corrected chi connectivity index (χ3v) is 5.06. The van der Waals surface area contributed by atoms with Crippen LogP contribution in [0.1, 0.15) is 18.6 Å². The lowest BCUT2D eigenvalue weighted by molar-refractivity contribution is -0.121. The second kappa shape index (κ2) is 7.72. The summed E-state index contributed by atoms with van der Waals surface area (Å²) in [5, 5.41) is 11.7. The van der Waals surface area contributed by atoms with Crippen molar-refractivity contribution in [2.75, 3.05) is 23.7 Å². The number of aromatic nitrogens is 1. The third-order valence-electron chi connectivity index (χ3n) is 5.06. The molecule has 144 valence electrons. The van der Waals surface area contributed by atoms with Crippen LogP contribution in [-0.2, 0) is 4.79 Å². The summed E-state index contributed by atoms with van der Waals surface area (Å²) in [4.78, 5) is 26.8. The van der Waals surface area contributed by atoms with Crippen LogP contribution in [0.15, 0.2) is 53.1 Å². The minimum atomic E-state index is -0.140. The molecule has 0 unspecified atom stereocenters. The number of rotatable bonds is 3. The van der Waals surface area contributed by atoms with Gasteiger partial charge in [-0.05, 0) is 31.2 Å². The molecule has 1 saturated heterocycles. The number of carbonyl (C=O) groups excluding carboxylic acids is 2. The lowest BCUT2D eigenvalue weighted by Crippen LogP contribution is -2.43. The Hall–Kier alpha value is -3.35. The molecule has 4 rings (SSSR count). The topological polar surface area (TPSA) is 87.5 Å². The zero-order chi connectivity index (χ0) is 19.5. The molecular weight excluding hydrogens is 356 g/mol. The number of aryl methyl sites for hydroxylation is 1. The molecule has 0 bridgehead atoms. The molecule has 1 aromatic heterocycles. The zero-order valence-corrected chi connectivity index (χ0v) is 15.6. The number of fused-ring (bicyclic) bond motifs is 1. The van der Waals surface area contributed by atoms with E-state index in [1.165, 1.54) is 0 Å². The highest BCUT2D eigenvalue weighted by atomic mass is 16.5. The maximum atomic E-state index is 12.7. The van der Waals surface area contributed by atoms with Crippen molar-refractivity contribution < 1.29 is 14.1 Å². The van der Waals surface area contributed by atoms with Crippen molar-refractivity contribution in [3.05, 3.63) is 54.3 Å². The molecule has 0 saturated carbocycles. The van der Waals surface area contributed by atoms with Crippen molar-refractivity contribution in [1.82, 2.24) is 10.1 Å². The van der Waals surface area contributed by atoms with E-state index in [0.29, 0.717) is 37.5 Å². The molecule has 7 nitrogen and oxygen atoms in total. The van der Waals surface area contributed by atoms with Crippen LogP contribution in [0.5, 0.6) is 0 Å². The van der Waals surface area contributed by atoms with Crippen molar-refractivity contribution in [3.63, 3.8) is 0 Å². The molecule has 0 aliphatic carbocycles. The van der Waals surface area contributed by atoms with Crippen molar-refractivity contribution in [3.8, 4) is 0 Å². The molecule has 3 aromatic rings. The monoisotopic (exact) mass is 378 g/mol. The fraction of sp³-hybridized carbons (Fsp3) is 0.286. The molecule has 0 atom stereocenters. The average Bonchev–Trinajstić information content (AvgIpc) is 3.13. The Labute approximate surface area is 162 Å². The largest absolute Gasteiger partial charge is 0.360 e. The molecule has 7 heteroatoms. The summed E-state index contributed by atoms with van der Waals surface area (Å²) in [6.07, 6.45) is 1.23. The SMILES string of the molecule is Cc1cc(NC(=O)C2CCN(C(=O)Nc3cccc4ccccc34)CC2)no1. The Balaban J connectivity index is 1.34. The minimum absolute atomic E-state index is 0.0811. The van der Waals surface area contributed by atoms with Crippen LogP contribution in [0.4, 0.5) is 16.3 Å². The van der Waals surface area contributed by atoms with E-state index in [0.717, 1.165) is 16.5 Å². The van der Waals surface area contributed by atoms with Crippen LogP contribution in [0, 0.1) is 12.8 Å². The highest BCUT2D eigenvalue weighted by Gasteiger charge is 2.28. The van der Waals surface area contributed by atoms with Gasteiger partial charge in [0.1, 0.15) is 5.76 Å². The molecule has 1 fully saturated rings. The Morgan fingerprint density at radius 1 is 1.07 bits per heavy atom. The minimum Gasteiger partial charge on any atom is -0.360 e. The number of likely N-dealkylation sites (tertiary alicyclic amines) is 1. The molecule has 0 radical (unpaired) electrons. The highest BCUT2D eigenvalue weighted by Crippen LogP contribution is 2.25. The van der Waals surface area contributed by atoms with Gasteiger partial charge in [0.25, 0.3) is 0 Å². The van der Waals surface area contributed by atoms with Gasteiger partial charge in [0.05, 0.1) is 5.69 Å². The average molecular weight is 378 g/mol. The number of amides is 3. The van der Waals surface area contributed by atoms with E-state index < -0.39 is 0 Å². The van der Waals surface area contributed by atoms with E-state index in [1.54, 1.807) is 17.9 Å². The maximum Gasteiger partial charge on any atom is 0.321 e. The van der Waals surface area contributed by atoms with Gasteiger partial charge in [-0.15, -0.1) is 0 Å². The fourth-order valence-electron chi connectivity index (χ4n) is 3.53. The standard InChI is InChI=1S/C21H22N4O3/c1-14-13-19(24-28-14)23-20(26)16-9-11-25(12-10-16)21(27)22-18-8-4-6-15-5-2-3-7-17(15)18/h2-8,13,16H,9-12H2,1H3,(H,22,27)(H,23,24,26). The Morgan fingerprint density at radius 3 is 2.57 bits per heavy atom. The number of nitrogens with zero attached hydrogens (tertiary/aromatic N) is 2. The predicted molar refractivity (Wildman–Crippen MR) is 107 cm³/mol. The van der Waals surface area contributed by atoms with Gasteiger partial charge in [-0.3, -0.25) is 4.79 Å². The summed E-state index contributed by atoms with van der Waals surface area (Å²) in [5.74, 6) is 0.856. The maximum absolute atomic E-state index is 12.7. The van der Waals surface area contributed by atoms with E-state index in [1.807, 2.05) is 42.5 Å². The molecular formula is C21H22N4O3. The van der Waals surface area contributed by atoms with E-state index in [9.17, 15) is 9.59 Å². The van der Waals surface area contributed by atoms with Gasteiger partial charge in [0, 0.05) is 30.5 Å². The number of nitrogens with one attached hydrogen (secondary N) is 2. The number of benzene rings is 2. The summed E-state index contributed by atoms with van der Waals surface area (Å²) in [6.45, 7) is 2.84. The lowest BCUT2D eigenvalue weighted by Gasteiger charge is -2.31. The van der Waals surface area contributed by atoms with E-state index in [2.05, 4.69) is 15.8 Å². The molecule has 1 aliphatic rings. The number of piperidine rings is 1. The molecule has 1 aliphatic heterocycles. The van der Waals surface area contributed by atoms with Crippen LogP contribution in [0.25, 0.3) is 10.8 Å². The van der Waals surface area contributed by atoms with Gasteiger partial charge >= 0.3 is 6.03 Å². The Bertz CT molecular complexity index is 1000. The molecule has 3 amide bonds. The van der Waals surface area contributed by atoms with Crippen LogP contribution in [0.3, 0.4) is 0 Å². The van der Waals surface area contributed by atoms with E-state index >= 15 is 0 Å². The third kappa shape index (κ3) is 3.83. The van der Waals surface area contributed by atoms with Crippen molar-refractivity contribution >= 4 is 34.2 Å². The first-order valence-corrected chi connectivity index (χ1v) is 9.38.